The van der Waals surface area contributed by atoms with E-state index in [1.54, 1.807) is 11.8 Å². The smallest absolute Gasteiger partial charge is 0.338 e. The number of fused-ring (bicyclic) bond motifs is 1. The minimum absolute atomic E-state index is 0.180. The van der Waals surface area contributed by atoms with E-state index in [1.165, 1.54) is 0 Å². The predicted octanol–water partition coefficient (Wildman–Crippen LogP) is 4.79. The second-order valence-electron chi connectivity index (χ2n) is 7.76. The minimum atomic E-state index is -0.435. The zero-order chi connectivity index (χ0) is 23.5. The van der Waals surface area contributed by atoms with Gasteiger partial charge in [0.1, 0.15) is 0 Å². The van der Waals surface area contributed by atoms with Gasteiger partial charge >= 0.3 is 5.97 Å². The third kappa shape index (κ3) is 4.45. The summed E-state index contributed by atoms with van der Waals surface area (Å²) >= 11 is 5.43. The lowest BCUT2D eigenvalue weighted by Crippen LogP contribution is -2.46. The molecular formula is C26H25N3O3S. The zero-order valence-corrected chi connectivity index (χ0v) is 19.5. The van der Waals surface area contributed by atoms with Gasteiger partial charge < -0.3 is 20.3 Å². The number of ether oxygens (including phenoxy) is 1. The van der Waals surface area contributed by atoms with Crippen LogP contribution in [-0.4, -0.2) is 35.5 Å². The van der Waals surface area contributed by atoms with Gasteiger partial charge in [-0.25, -0.2) is 4.79 Å². The van der Waals surface area contributed by atoms with Crippen molar-refractivity contribution in [2.75, 3.05) is 19.0 Å². The highest BCUT2D eigenvalue weighted by molar-refractivity contribution is 7.80. The topological polar surface area (TPSA) is 70.7 Å². The van der Waals surface area contributed by atoms with Gasteiger partial charge in [-0.05, 0) is 60.6 Å². The second kappa shape index (κ2) is 9.42. The quantitative estimate of drug-likeness (QED) is 0.422. The molecule has 0 spiro atoms. The Kier molecular flexibility index (Phi) is 6.42. The Labute approximate surface area is 198 Å². The summed E-state index contributed by atoms with van der Waals surface area (Å²) < 4.78 is 5.28. The summed E-state index contributed by atoms with van der Waals surface area (Å²) in [6.07, 6.45) is 0. The van der Waals surface area contributed by atoms with Gasteiger partial charge in [-0.1, -0.05) is 48.5 Å². The number of benzene rings is 3. The maximum atomic E-state index is 12.9. The number of nitrogens with one attached hydrogen (secondary N) is 2. The highest BCUT2D eigenvalue weighted by atomic mass is 32.1. The third-order valence-electron chi connectivity index (χ3n) is 5.79. The molecule has 0 saturated carbocycles. The summed E-state index contributed by atoms with van der Waals surface area (Å²) in [5.41, 5.74) is 3.38. The van der Waals surface area contributed by atoms with Crippen molar-refractivity contribution in [2.45, 2.75) is 19.9 Å². The number of nitrogens with zero attached hydrogens (tertiary/aromatic N) is 1. The highest BCUT2D eigenvalue weighted by Crippen LogP contribution is 2.31. The Hall–Kier alpha value is -3.71. The molecule has 7 heteroatoms. The maximum Gasteiger partial charge on any atom is 0.338 e. The normalized spacial score (nSPS) is 15.9. The van der Waals surface area contributed by atoms with Crippen molar-refractivity contribution in [1.82, 2.24) is 10.2 Å². The maximum absolute atomic E-state index is 12.9. The van der Waals surface area contributed by atoms with Crippen molar-refractivity contribution in [2.24, 2.45) is 0 Å². The molecule has 168 valence electrons. The Morgan fingerprint density at radius 3 is 2.48 bits per heavy atom. The molecule has 0 radical (unpaired) electrons. The molecule has 1 atom stereocenters. The molecule has 3 aromatic rings. The summed E-state index contributed by atoms with van der Waals surface area (Å²) in [4.78, 5) is 27.4. The molecule has 33 heavy (non-hydrogen) atoms. The van der Waals surface area contributed by atoms with Crippen LogP contribution in [0.5, 0.6) is 0 Å². The van der Waals surface area contributed by atoms with Gasteiger partial charge in [-0.2, -0.15) is 0 Å². The fraction of sp³-hybridized carbons (Fsp3) is 0.192. The molecule has 1 unspecified atom stereocenters. The number of rotatable bonds is 5. The Morgan fingerprint density at radius 2 is 1.76 bits per heavy atom. The van der Waals surface area contributed by atoms with Crippen LogP contribution in [0.2, 0.25) is 0 Å². The van der Waals surface area contributed by atoms with E-state index in [0.29, 0.717) is 21.9 Å². The Bertz CT molecular complexity index is 1260. The number of amides is 1. The summed E-state index contributed by atoms with van der Waals surface area (Å²) in [7, 11) is 1.81. The van der Waals surface area contributed by atoms with Crippen molar-refractivity contribution in [3.63, 3.8) is 0 Å². The Balaban J connectivity index is 1.59. The largest absolute Gasteiger partial charge is 0.463 e. The van der Waals surface area contributed by atoms with Crippen molar-refractivity contribution in [3.8, 4) is 0 Å². The van der Waals surface area contributed by atoms with Crippen LogP contribution in [0.3, 0.4) is 0 Å². The van der Waals surface area contributed by atoms with Gasteiger partial charge in [-0.15, -0.1) is 0 Å². The van der Waals surface area contributed by atoms with E-state index < -0.39 is 6.04 Å². The number of carbonyl (C=O) groups excluding carboxylic acids is 2. The number of carbonyl (C=O) groups is 2. The summed E-state index contributed by atoms with van der Waals surface area (Å²) in [5.74, 6) is -0.559. The SMILES string of the molecule is CCOC(=O)C1=C(C)N(C)C(=S)NC1c1ccc(NC(=O)c2cccc3ccccc23)cc1. The fourth-order valence-corrected chi connectivity index (χ4v) is 4.19. The lowest BCUT2D eigenvalue weighted by atomic mass is 9.95. The van der Waals surface area contributed by atoms with Crippen LogP contribution in [0.25, 0.3) is 10.8 Å². The van der Waals surface area contributed by atoms with Gasteiger partial charge in [0.2, 0.25) is 0 Å². The summed E-state index contributed by atoms with van der Waals surface area (Å²) in [5, 5.41) is 8.62. The summed E-state index contributed by atoms with van der Waals surface area (Å²) in [6.45, 7) is 3.92. The van der Waals surface area contributed by atoms with Gasteiger partial charge in [0.25, 0.3) is 5.91 Å². The number of esters is 1. The van der Waals surface area contributed by atoms with Crippen LogP contribution in [0.1, 0.15) is 35.8 Å². The van der Waals surface area contributed by atoms with Crippen LogP contribution in [0, 0.1) is 0 Å². The molecule has 4 rings (SSSR count). The second-order valence-corrected chi connectivity index (χ2v) is 8.15. The van der Waals surface area contributed by atoms with Crippen molar-refractivity contribution in [1.29, 1.82) is 0 Å². The molecule has 1 amide bonds. The number of anilines is 1. The minimum Gasteiger partial charge on any atom is -0.463 e. The lowest BCUT2D eigenvalue weighted by molar-refractivity contribution is -0.139. The first-order valence-corrected chi connectivity index (χ1v) is 11.1. The molecule has 0 bridgehead atoms. The average Bonchev–Trinajstić information content (AvgIpc) is 2.82. The molecule has 0 fully saturated rings. The molecule has 1 heterocycles. The molecule has 2 N–H and O–H groups in total. The molecule has 3 aromatic carbocycles. The van der Waals surface area contributed by atoms with Gasteiger partial charge in [-0.3, -0.25) is 4.79 Å². The standard InChI is InChI=1S/C26H25N3O3S/c1-4-32-25(31)22-16(2)29(3)26(33)28-23(22)18-12-14-19(15-13-18)27-24(30)21-11-7-9-17-8-5-6-10-20(17)21/h5-15,23H,4H2,1-3H3,(H,27,30)(H,28,33). The fourth-order valence-electron chi connectivity index (χ4n) is 3.94. The zero-order valence-electron chi connectivity index (χ0n) is 18.7. The number of allylic oxidation sites excluding steroid dienone is 1. The van der Waals surface area contributed by atoms with Crippen LogP contribution in [-0.2, 0) is 9.53 Å². The van der Waals surface area contributed by atoms with Crippen molar-refractivity contribution >= 4 is 45.7 Å². The average molecular weight is 460 g/mol. The first kappa shape index (κ1) is 22.5. The van der Waals surface area contributed by atoms with E-state index in [9.17, 15) is 9.59 Å². The number of hydrogen-bond acceptors (Lipinski definition) is 4. The summed E-state index contributed by atoms with van der Waals surface area (Å²) in [6, 6.07) is 20.4. The van der Waals surface area contributed by atoms with Crippen LogP contribution >= 0.6 is 12.2 Å². The molecule has 6 nitrogen and oxygen atoms in total. The van der Waals surface area contributed by atoms with E-state index in [4.69, 9.17) is 17.0 Å². The van der Waals surface area contributed by atoms with E-state index in [2.05, 4.69) is 10.6 Å². The first-order chi connectivity index (χ1) is 15.9. The Morgan fingerprint density at radius 1 is 1.06 bits per heavy atom. The van der Waals surface area contributed by atoms with Gasteiger partial charge in [0.05, 0.1) is 18.2 Å². The number of hydrogen-bond donors (Lipinski definition) is 2. The van der Waals surface area contributed by atoms with Crippen LogP contribution in [0.4, 0.5) is 5.69 Å². The van der Waals surface area contributed by atoms with Crippen LogP contribution in [0.15, 0.2) is 78.0 Å². The van der Waals surface area contributed by atoms with Gasteiger partial charge in [0, 0.05) is 24.0 Å². The van der Waals surface area contributed by atoms with E-state index in [0.717, 1.165) is 22.0 Å². The lowest BCUT2D eigenvalue weighted by Gasteiger charge is -2.35. The predicted molar refractivity (Wildman–Crippen MR) is 134 cm³/mol. The first-order valence-electron chi connectivity index (χ1n) is 10.7. The van der Waals surface area contributed by atoms with Crippen molar-refractivity contribution in [3.05, 3.63) is 89.1 Å². The molecule has 0 aromatic heterocycles. The van der Waals surface area contributed by atoms with E-state index in [1.807, 2.05) is 80.7 Å². The van der Waals surface area contributed by atoms with Crippen LogP contribution < -0.4 is 10.6 Å². The van der Waals surface area contributed by atoms with E-state index in [-0.39, 0.29) is 18.5 Å². The van der Waals surface area contributed by atoms with Gasteiger partial charge in [0.15, 0.2) is 5.11 Å². The number of thiocarbonyl (C=S) groups is 1. The molecule has 1 aliphatic rings. The molecular weight excluding hydrogens is 434 g/mol. The van der Waals surface area contributed by atoms with Crippen molar-refractivity contribution < 1.29 is 14.3 Å². The highest BCUT2D eigenvalue weighted by Gasteiger charge is 2.33. The third-order valence-corrected chi connectivity index (χ3v) is 6.18. The molecule has 1 aliphatic heterocycles. The molecule has 0 saturated heterocycles. The monoisotopic (exact) mass is 459 g/mol. The van der Waals surface area contributed by atoms with E-state index >= 15 is 0 Å². The molecule has 0 aliphatic carbocycles.